The lowest BCUT2D eigenvalue weighted by molar-refractivity contribution is -0.145. The zero-order chi connectivity index (χ0) is 30.3. The van der Waals surface area contributed by atoms with Crippen molar-refractivity contribution in [2.45, 2.75) is 57.8 Å². The van der Waals surface area contributed by atoms with Crippen molar-refractivity contribution in [3.63, 3.8) is 0 Å². The number of alkyl halides is 3. The number of hydrogen-bond acceptors (Lipinski definition) is 7. The van der Waals surface area contributed by atoms with Gasteiger partial charge >= 0.3 is 6.18 Å². The highest BCUT2D eigenvalue weighted by Gasteiger charge is 2.43. The number of ether oxygens (including phenoxy) is 1. The van der Waals surface area contributed by atoms with Gasteiger partial charge in [-0.25, -0.2) is 24.0 Å². The molecule has 4 heterocycles. The predicted molar refractivity (Wildman–Crippen MR) is 149 cm³/mol. The molecule has 0 spiro atoms. The number of amides is 1. The zero-order valence-electron chi connectivity index (χ0n) is 23.6. The van der Waals surface area contributed by atoms with Crippen LogP contribution in [0.25, 0.3) is 0 Å². The van der Waals surface area contributed by atoms with Gasteiger partial charge in [0.25, 0.3) is 5.82 Å². The SMILES string of the molecule is CC1c2nc(C(F)(F)F)nn2CCN1C(=O)Cc1ccc(OCC[C@@H]2C[C@@H]2C2CCN(c3ncc(Cl)cn3)CC2)cc1F. The highest BCUT2D eigenvalue weighted by atomic mass is 35.5. The van der Waals surface area contributed by atoms with E-state index in [9.17, 15) is 22.4 Å². The van der Waals surface area contributed by atoms with E-state index in [1.807, 2.05) is 0 Å². The fraction of sp³-hybridized carbons (Fsp3) is 0.552. The number of nitrogens with zero attached hydrogens (tertiary/aromatic N) is 7. The summed E-state index contributed by atoms with van der Waals surface area (Å²) in [6.07, 6.45) is 2.65. The molecule has 9 nitrogen and oxygen atoms in total. The normalized spacial score (nSPS) is 22.4. The van der Waals surface area contributed by atoms with E-state index in [-0.39, 0.29) is 30.9 Å². The molecule has 2 aliphatic heterocycles. The minimum absolute atomic E-state index is 0.0621. The number of benzene rings is 1. The van der Waals surface area contributed by atoms with Crippen LogP contribution in [0, 0.1) is 23.6 Å². The first-order valence-corrected chi connectivity index (χ1v) is 14.9. The summed E-state index contributed by atoms with van der Waals surface area (Å²) in [5, 5.41) is 4.05. The third-order valence-corrected chi connectivity index (χ3v) is 9.00. The monoisotopic (exact) mass is 621 g/mol. The number of halogens is 5. The van der Waals surface area contributed by atoms with Crippen LogP contribution in [0.1, 0.15) is 55.9 Å². The minimum atomic E-state index is -4.67. The second kappa shape index (κ2) is 11.9. The minimum Gasteiger partial charge on any atom is -0.493 e. The van der Waals surface area contributed by atoms with Crippen LogP contribution in [0.15, 0.2) is 30.6 Å². The molecule has 0 bridgehead atoms. The molecule has 2 fully saturated rings. The third kappa shape index (κ3) is 6.56. The van der Waals surface area contributed by atoms with Gasteiger partial charge in [-0.3, -0.25) is 4.79 Å². The van der Waals surface area contributed by atoms with Gasteiger partial charge in [-0.15, -0.1) is 5.10 Å². The van der Waals surface area contributed by atoms with Crippen LogP contribution in [-0.2, 0) is 23.9 Å². The Morgan fingerprint density at radius 1 is 1.12 bits per heavy atom. The maximum Gasteiger partial charge on any atom is 0.453 e. The molecule has 1 aliphatic carbocycles. The highest BCUT2D eigenvalue weighted by Crippen LogP contribution is 2.50. The lowest BCUT2D eigenvalue weighted by Gasteiger charge is -2.33. The molecule has 3 atom stereocenters. The van der Waals surface area contributed by atoms with Gasteiger partial charge in [-0.1, -0.05) is 17.7 Å². The maximum atomic E-state index is 14.9. The van der Waals surface area contributed by atoms with Gasteiger partial charge in [0.2, 0.25) is 11.9 Å². The molecule has 1 saturated heterocycles. The van der Waals surface area contributed by atoms with Gasteiger partial charge in [0, 0.05) is 25.7 Å². The van der Waals surface area contributed by atoms with Crippen LogP contribution in [-0.4, -0.2) is 61.8 Å². The van der Waals surface area contributed by atoms with E-state index in [2.05, 4.69) is 25.0 Å². The van der Waals surface area contributed by atoms with E-state index in [0.717, 1.165) is 38.3 Å². The predicted octanol–water partition coefficient (Wildman–Crippen LogP) is 5.35. The number of carbonyl (C=O) groups is 1. The molecular weight excluding hydrogens is 590 g/mol. The van der Waals surface area contributed by atoms with E-state index in [1.165, 1.54) is 28.1 Å². The van der Waals surface area contributed by atoms with Gasteiger partial charge in [0.1, 0.15) is 17.4 Å². The second-order valence-corrected chi connectivity index (χ2v) is 12.0. The number of piperidine rings is 1. The average Bonchev–Trinajstić information content (AvgIpc) is 3.60. The van der Waals surface area contributed by atoms with Crippen LogP contribution in [0.5, 0.6) is 5.75 Å². The fourth-order valence-electron chi connectivity index (χ4n) is 6.35. The second-order valence-electron chi connectivity index (χ2n) is 11.5. The Morgan fingerprint density at radius 3 is 2.56 bits per heavy atom. The molecule has 230 valence electrons. The summed E-state index contributed by atoms with van der Waals surface area (Å²) in [5.74, 6) is 0.978. The Labute approximate surface area is 251 Å². The van der Waals surface area contributed by atoms with Crippen molar-refractivity contribution in [1.82, 2.24) is 29.6 Å². The quantitative estimate of drug-likeness (QED) is 0.314. The number of anilines is 1. The number of fused-ring (bicyclic) bond motifs is 1. The van der Waals surface area contributed by atoms with Crippen molar-refractivity contribution in [2.75, 3.05) is 31.1 Å². The highest BCUT2D eigenvalue weighted by molar-refractivity contribution is 6.30. The maximum absolute atomic E-state index is 14.9. The molecule has 43 heavy (non-hydrogen) atoms. The topological polar surface area (TPSA) is 89.3 Å². The molecule has 3 aliphatic rings. The van der Waals surface area contributed by atoms with Crippen LogP contribution in [0.3, 0.4) is 0 Å². The first kappa shape index (κ1) is 29.6. The lowest BCUT2D eigenvalue weighted by atomic mass is 9.90. The summed E-state index contributed by atoms with van der Waals surface area (Å²) >= 11 is 5.89. The molecule has 14 heteroatoms. The largest absolute Gasteiger partial charge is 0.493 e. The number of carbonyl (C=O) groups excluding carboxylic acids is 1. The molecule has 1 amide bonds. The number of hydrogen-bond donors (Lipinski definition) is 0. The number of aromatic nitrogens is 5. The van der Waals surface area contributed by atoms with Gasteiger partial charge in [-0.05, 0) is 62.0 Å². The number of rotatable bonds is 8. The van der Waals surface area contributed by atoms with E-state index < -0.39 is 29.8 Å². The van der Waals surface area contributed by atoms with Gasteiger partial charge in [-0.2, -0.15) is 13.2 Å². The molecule has 0 radical (unpaired) electrons. The molecule has 0 N–H and O–H groups in total. The summed E-state index contributed by atoms with van der Waals surface area (Å²) in [6.45, 7) is 4.18. The van der Waals surface area contributed by atoms with Gasteiger partial charge in [0.05, 0.1) is 43.0 Å². The van der Waals surface area contributed by atoms with Crippen molar-refractivity contribution in [3.05, 3.63) is 58.6 Å². The first-order valence-electron chi connectivity index (χ1n) is 14.5. The summed E-state index contributed by atoms with van der Waals surface area (Å²) in [4.78, 5) is 28.8. The molecular formula is C29H32ClF4N7O2. The van der Waals surface area contributed by atoms with Crippen molar-refractivity contribution in [1.29, 1.82) is 0 Å². The Morgan fingerprint density at radius 2 is 1.86 bits per heavy atom. The van der Waals surface area contributed by atoms with Crippen LogP contribution in [0.4, 0.5) is 23.5 Å². The van der Waals surface area contributed by atoms with Crippen molar-refractivity contribution in [3.8, 4) is 5.75 Å². The Bertz CT molecular complexity index is 1460. The summed E-state index contributed by atoms with van der Waals surface area (Å²) in [5.41, 5.74) is 0.199. The van der Waals surface area contributed by atoms with Crippen molar-refractivity contribution in [2.24, 2.45) is 17.8 Å². The third-order valence-electron chi connectivity index (χ3n) is 8.80. The van der Waals surface area contributed by atoms with Gasteiger partial charge < -0.3 is 14.5 Å². The fourth-order valence-corrected chi connectivity index (χ4v) is 6.45. The summed E-state index contributed by atoms with van der Waals surface area (Å²) in [7, 11) is 0. The molecule has 1 saturated carbocycles. The average molecular weight is 622 g/mol. The molecule has 2 aromatic heterocycles. The first-order chi connectivity index (χ1) is 20.6. The van der Waals surface area contributed by atoms with Crippen molar-refractivity contribution >= 4 is 23.5 Å². The van der Waals surface area contributed by atoms with E-state index in [4.69, 9.17) is 16.3 Å². The summed E-state index contributed by atoms with van der Waals surface area (Å²) in [6, 6.07) is 3.75. The molecule has 6 rings (SSSR count). The van der Waals surface area contributed by atoms with E-state index >= 15 is 0 Å². The lowest BCUT2D eigenvalue weighted by Crippen LogP contribution is -2.42. The Kier molecular flexibility index (Phi) is 8.18. The molecule has 1 aromatic carbocycles. The molecule has 3 aromatic rings. The van der Waals surface area contributed by atoms with Crippen LogP contribution in [0.2, 0.25) is 5.02 Å². The summed E-state index contributed by atoms with van der Waals surface area (Å²) < 4.78 is 61.0. The van der Waals surface area contributed by atoms with E-state index in [0.29, 0.717) is 35.1 Å². The van der Waals surface area contributed by atoms with E-state index in [1.54, 1.807) is 25.4 Å². The van der Waals surface area contributed by atoms with Gasteiger partial charge in [0.15, 0.2) is 0 Å². The smallest absolute Gasteiger partial charge is 0.453 e. The standard InChI is InChI=1S/C29H32ClF4N7O2/c1-17-26-37-27(29(32,33)34)38-41(26)10-9-40(17)25(42)13-20-2-3-22(14-24(20)31)43-11-6-19-12-23(19)18-4-7-39(8-5-18)28-35-15-21(30)16-36-28/h2-3,14-19,23H,4-13H2,1H3/t17?,19-,23-/m1/s1. The molecule has 1 unspecified atom stereocenters. The van der Waals surface area contributed by atoms with Crippen molar-refractivity contribution < 1.29 is 27.1 Å². The zero-order valence-corrected chi connectivity index (χ0v) is 24.4. The van der Waals surface area contributed by atoms with Crippen LogP contribution >= 0.6 is 11.6 Å². The Balaban J connectivity index is 0.946. The van der Waals surface area contributed by atoms with Crippen LogP contribution < -0.4 is 9.64 Å². The Hall–Kier alpha value is -3.48.